The molecule has 98 valence electrons. The van der Waals surface area contributed by atoms with E-state index in [1.54, 1.807) is 34.6 Å². The number of aliphatic hydroxyl groups excluding tert-OH is 2. The highest BCUT2D eigenvalue weighted by Crippen LogP contribution is 2.05. The maximum atomic E-state index is 10.5. The molecular formula is C9H16N2O5S. The second-order valence-corrected chi connectivity index (χ2v) is 5.15. The Labute approximate surface area is 100 Å². The van der Waals surface area contributed by atoms with E-state index in [-0.39, 0.29) is 13.2 Å². The standard InChI is InChI=1S/C9H16N2O5S/c12-6-5-10-1-3-11(4-2-10)7-9(13)8-17(14,15)16/h1-4,9,12-13H,5-8H2,(H,14,15,16). The summed E-state index contributed by atoms with van der Waals surface area (Å²) in [5, 5.41) is 18.1. The van der Waals surface area contributed by atoms with E-state index in [0.717, 1.165) is 0 Å². The third kappa shape index (κ3) is 5.68. The van der Waals surface area contributed by atoms with Crippen molar-refractivity contribution in [2.45, 2.75) is 6.10 Å². The SMILES string of the molecule is O=S(=O)(O)CC(O)CN1C=CN(CCO)C=C1. The molecule has 1 unspecified atom stereocenters. The number of rotatable bonds is 6. The van der Waals surface area contributed by atoms with Gasteiger partial charge >= 0.3 is 0 Å². The third-order valence-electron chi connectivity index (χ3n) is 2.08. The zero-order valence-electron chi connectivity index (χ0n) is 9.18. The molecule has 1 atom stereocenters. The molecule has 0 aromatic heterocycles. The Morgan fingerprint density at radius 2 is 1.65 bits per heavy atom. The molecule has 1 rings (SSSR count). The Morgan fingerprint density at radius 1 is 1.12 bits per heavy atom. The summed E-state index contributed by atoms with van der Waals surface area (Å²) < 4.78 is 29.6. The lowest BCUT2D eigenvalue weighted by atomic mass is 10.3. The number of hydrogen-bond donors (Lipinski definition) is 3. The maximum absolute atomic E-state index is 10.5. The molecule has 7 nitrogen and oxygen atoms in total. The summed E-state index contributed by atoms with van der Waals surface area (Å²) >= 11 is 0. The maximum Gasteiger partial charge on any atom is 0.267 e. The molecule has 0 aromatic rings. The van der Waals surface area contributed by atoms with Crippen molar-refractivity contribution >= 4 is 10.1 Å². The number of β-amino-alcohol motifs (C(OH)–C–C–N with tert-alkyl or cyclic N) is 2. The first-order valence-corrected chi connectivity index (χ1v) is 6.64. The minimum atomic E-state index is -4.16. The average Bonchev–Trinajstić information content (AvgIpc) is 2.18. The van der Waals surface area contributed by atoms with Crippen LogP contribution in [0.3, 0.4) is 0 Å². The predicted molar refractivity (Wildman–Crippen MR) is 61.2 cm³/mol. The van der Waals surface area contributed by atoms with Crippen molar-refractivity contribution in [3.05, 3.63) is 24.8 Å². The van der Waals surface area contributed by atoms with E-state index in [9.17, 15) is 13.5 Å². The smallest absolute Gasteiger partial charge is 0.267 e. The molecule has 1 aliphatic heterocycles. The second-order valence-electron chi connectivity index (χ2n) is 3.66. The molecule has 17 heavy (non-hydrogen) atoms. The molecule has 0 aliphatic carbocycles. The first-order chi connectivity index (χ1) is 7.90. The van der Waals surface area contributed by atoms with E-state index in [0.29, 0.717) is 6.54 Å². The van der Waals surface area contributed by atoms with Crippen LogP contribution in [0.25, 0.3) is 0 Å². The lowest BCUT2D eigenvalue weighted by Crippen LogP contribution is -2.32. The van der Waals surface area contributed by atoms with E-state index < -0.39 is 22.0 Å². The van der Waals surface area contributed by atoms with Gasteiger partial charge in [0.25, 0.3) is 10.1 Å². The normalized spacial score (nSPS) is 17.6. The minimum absolute atomic E-state index is 0.0278. The first-order valence-electron chi connectivity index (χ1n) is 5.03. The molecule has 8 heteroatoms. The van der Waals surface area contributed by atoms with Gasteiger partial charge in [-0.05, 0) is 0 Å². The van der Waals surface area contributed by atoms with Gasteiger partial charge in [0, 0.05) is 37.9 Å². The van der Waals surface area contributed by atoms with Crippen molar-refractivity contribution in [2.24, 2.45) is 0 Å². The zero-order valence-corrected chi connectivity index (χ0v) is 9.99. The van der Waals surface area contributed by atoms with Gasteiger partial charge in [-0.25, -0.2) is 0 Å². The summed E-state index contributed by atoms with van der Waals surface area (Å²) in [5.74, 6) is -0.689. The zero-order chi connectivity index (χ0) is 12.9. The number of hydrogen-bond acceptors (Lipinski definition) is 6. The fraction of sp³-hybridized carbons (Fsp3) is 0.556. The molecule has 0 bridgehead atoms. The molecule has 0 spiro atoms. The van der Waals surface area contributed by atoms with Gasteiger partial charge in [0.05, 0.1) is 12.7 Å². The highest BCUT2D eigenvalue weighted by molar-refractivity contribution is 7.85. The van der Waals surface area contributed by atoms with Crippen molar-refractivity contribution in [3.8, 4) is 0 Å². The fourth-order valence-corrected chi connectivity index (χ4v) is 1.96. The highest BCUT2D eigenvalue weighted by Gasteiger charge is 2.16. The van der Waals surface area contributed by atoms with Crippen LogP contribution in [0.15, 0.2) is 24.8 Å². The van der Waals surface area contributed by atoms with Gasteiger partial charge in [-0.15, -0.1) is 0 Å². The van der Waals surface area contributed by atoms with Crippen LogP contribution in [0.2, 0.25) is 0 Å². The first kappa shape index (κ1) is 14.0. The summed E-state index contributed by atoms with van der Waals surface area (Å²) in [6.45, 7) is 0.564. The van der Waals surface area contributed by atoms with Crippen LogP contribution in [-0.2, 0) is 10.1 Å². The van der Waals surface area contributed by atoms with Crippen molar-refractivity contribution in [1.82, 2.24) is 9.80 Å². The Kier molecular flexibility index (Phi) is 4.94. The van der Waals surface area contributed by atoms with Gasteiger partial charge < -0.3 is 20.0 Å². The van der Waals surface area contributed by atoms with Gasteiger partial charge in [0.2, 0.25) is 0 Å². The van der Waals surface area contributed by atoms with Crippen LogP contribution >= 0.6 is 0 Å². The molecule has 0 fully saturated rings. The van der Waals surface area contributed by atoms with E-state index in [1.807, 2.05) is 0 Å². The van der Waals surface area contributed by atoms with E-state index in [4.69, 9.17) is 9.66 Å². The molecule has 1 aliphatic rings. The van der Waals surface area contributed by atoms with Crippen molar-refractivity contribution in [3.63, 3.8) is 0 Å². The topological polar surface area (TPSA) is 101 Å². The molecule has 0 amide bonds. The van der Waals surface area contributed by atoms with Crippen molar-refractivity contribution in [2.75, 3.05) is 25.4 Å². The summed E-state index contributed by atoms with van der Waals surface area (Å²) in [4.78, 5) is 3.33. The quantitative estimate of drug-likeness (QED) is 0.517. The van der Waals surface area contributed by atoms with Crippen LogP contribution in [0.4, 0.5) is 0 Å². The summed E-state index contributed by atoms with van der Waals surface area (Å²) in [5.41, 5.74) is 0. The molecular weight excluding hydrogens is 248 g/mol. The monoisotopic (exact) mass is 264 g/mol. The van der Waals surface area contributed by atoms with Crippen LogP contribution in [-0.4, -0.2) is 64.5 Å². The lowest BCUT2D eigenvalue weighted by molar-refractivity contribution is 0.165. The Bertz CT molecular complexity index is 378. The number of nitrogens with zero attached hydrogens (tertiary/aromatic N) is 2. The summed E-state index contributed by atoms with van der Waals surface area (Å²) in [7, 11) is -4.16. The van der Waals surface area contributed by atoms with Gasteiger partial charge in [-0.1, -0.05) is 0 Å². The Morgan fingerprint density at radius 3 is 2.12 bits per heavy atom. The predicted octanol–water partition coefficient (Wildman–Crippen LogP) is -1.21. The van der Waals surface area contributed by atoms with Gasteiger partial charge in [-0.2, -0.15) is 8.42 Å². The van der Waals surface area contributed by atoms with E-state index in [1.165, 1.54) is 0 Å². The Hall–Kier alpha value is -1.09. The third-order valence-corrected chi connectivity index (χ3v) is 2.89. The van der Waals surface area contributed by atoms with Crippen LogP contribution in [0.5, 0.6) is 0 Å². The van der Waals surface area contributed by atoms with E-state index >= 15 is 0 Å². The lowest BCUT2D eigenvalue weighted by Gasteiger charge is -2.25. The molecule has 0 radical (unpaired) electrons. The molecule has 3 N–H and O–H groups in total. The van der Waals surface area contributed by atoms with Gasteiger partial charge in [0.1, 0.15) is 5.75 Å². The fourth-order valence-electron chi connectivity index (χ4n) is 1.37. The van der Waals surface area contributed by atoms with Crippen LogP contribution in [0.1, 0.15) is 0 Å². The van der Waals surface area contributed by atoms with E-state index in [2.05, 4.69) is 0 Å². The largest absolute Gasteiger partial charge is 0.395 e. The van der Waals surface area contributed by atoms with Crippen LogP contribution < -0.4 is 0 Å². The highest BCUT2D eigenvalue weighted by atomic mass is 32.2. The minimum Gasteiger partial charge on any atom is -0.395 e. The van der Waals surface area contributed by atoms with Crippen LogP contribution in [0, 0.1) is 0 Å². The average molecular weight is 264 g/mol. The number of aliphatic hydroxyl groups is 2. The molecule has 0 saturated heterocycles. The Balaban J connectivity index is 2.40. The second kappa shape index (κ2) is 6.01. The molecule has 0 saturated carbocycles. The molecule has 1 heterocycles. The summed E-state index contributed by atoms with van der Waals surface area (Å²) in [6.07, 6.45) is 5.50. The van der Waals surface area contributed by atoms with Gasteiger partial charge in [0.15, 0.2) is 0 Å². The van der Waals surface area contributed by atoms with Gasteiger partial charge in [-0.3, -0.25) is 4.55 Å². The van der Waals surface area contributed by atoms with Crippen molar-refractivity contribution < 1.29 is 23.2 Å². The summed E-state index contributed by atoms with van der Waals surface area (Å²) in [6, 6.07) is 0. The molecule has 0 aromatic carbocycles. The van der Waals surface area contributed by atoms with Crippen molar-refractivity contribution in [1.29, 1.82) is 0 Å².